The van der Waals surface area contributed by atoms with Crippen molar-refractivity contribution in [1.82, 2.24) is 0 Å². The Labute approximate surface area is 190 Å². The van der Waals surface area contributed by atoms with Gasteiger partial charge in [-0.25, -0.2) is 4.79 Å². The minimum absolute atomic E-state index is 0.0737. The van der Waals surface area contributed by atoms with Crippen LogP contribution < -0.4 is 24.3 Å². The molecule has 0 spiro atoms. The quantitative estimate of drug-likeness (QED) is 0.369. The number of ether oxygens (including phenoxy) is 5. The van der Waals surface area contributed by atoms with Crippen LogP contribution in [0.15, 0.2) is 42.5 Å². The molecule has 0 bridgehead atoms. The van der Waals surface area contributed by atoms with Crippen LogP contribution in [0.4, 0.5) is 14.5 Å². The van der Waals surface area contributed by atoms with Gasteiger partial charge in [0.2, 0.25) is 0 Å². The van der Waals surface area contributed by atoms with E-state index in [4.69, 9.17) is 18.9 Å². The molecule has 8 nitrogen and oxygen atoms in total. The molecule has 2 rings (SSSR count). The smallest absolute Gasteiger partial charge is 0.387 e. The van der Waals surface area contributed by atoms with Crippen LogP contribution in [0.1, 0.15) is 19.4 Å². The molecule has 0 saturated heterocycles. The van der Waals surface area contributed by atoms with Crippen LogP contribution in [0.3, 0.4) is 0 Å². The van der Waals surface area contributed by atoms with Gasteiger partial charge in [0.1, 0.15) is 11.5 Å². The van der Waals surface area contributed by atoms with Crippen LogP contribution in [0.2, 0.25) is 0 Å². The number of benzene rings is 2. The van der Waals surface area contributed by atoms with Crippen molar-refractivity contribution in [3.05, 3.63) is 48.0 Å². The first-order valence-electron chi connectivity index (χ1n) is 10.0. The van der Waals surface area contributed by atoms with Crippen molar-refractivity contribution in [1.29, 1.82) is 0 Å². The molecule has 2 aromatic carbocycles. The number of anilines is 1. The molecule has 0 saturated carbocycles. The minimum atomic E-state index is -2.99. The molecule has 0 fully saturated rings. The molecule has 0 heterocycles. The average molecular weight is 465 g/mol. The van der Waals surface area contributed by atoms with Crippen LogP contribution in [0.25, 0.3) is 6.08 Å². The standard InChI is InChI=1S/C23H25F2NO7/c1-4-30-16-8-10-18(31-5-2)17(13-16)26-21(27)14-32-22(28)11-7-15-6-9-19(33-23(24)25)20(12-15)29-3/h6-13,23H,4-5,14H2,1-3H3,(H,26,27)/b11-7+. The van der Waals surface area contributed by atoms with Crippen molar-refractivity contribution in [3.8, 4) is 23.0 Å². The molecule has 178 valence electrons. The van der Waals surface area contributed by atoms with Crippen molar-refractivity contribution in [2.45, 2.75) is 20.5 Å². The van der Waals surface area contributed by atoms with E-state index < -0.39 is 25.1 Å². The molecule has 0 atom stereocenters. The topological polar surface area (TPSA) is 92.3 Å². The maximum absolute atomic E-state index is 12.4. The molecular weight excluding hydrogens is 440 g/mol. The summed E-state index contributed by atoms with van der Waals surface area (Å²) in [6.07, 6.45) is 2.48. The number of nitrogens with one attached hydrogen (secondary N) is 1. The van der Waals surface area contributed by atoms with Gasteiger partial charge in [0, 0.05) is 12.1 Å². The van der Waals surface area contributed by atoms with E-state index >= 15 is 0 Å². The molecule has 33 heavy (non-hydrogen) atoms. The Morgan fingerprint density at radius 3 is 2.39 bits per heavy atom. The van der Waals surface area contributed by atoms with Crippen LogP contribution >= 0.6 is 0 Å². The monoisotopic (exact) mass is 465 g/mol. The van der Waals surface area contributed by atoms with Gasteiger partial charge in [-0.15, -0.1) is 0 Å². The lowest BCUT2D eigenvalue weighted by Crippen LogP contribution is -2.20. The number of carbonyl (C=O) groups is 2. The lowest BCUT2D eigenvalue weighted by Gasteiger charge is -2.13. The zero-order chi connectivity index (χ0) is 24.2. The molecule has 0 unspecified atom stereocenters. The number of hydrogen-bond acceptors (Lipinski definition) is 7. The number of hydrogen-bond donors (Lipinski definition) is 1. The lowest BCUT2D eigenvalue weighted by molar-refractivity contribution is -0.142. The van der Waals surface area contributed by atoms with Gasteiger partial charge < -0.3 is 29.0 Å². The summed E-state index contributed by atoms with van der Waals surface area (Å²) >= 11 is 0. The third kappa shape index (κ3) is 8.32. The molecule has 0 aliphatic carbocycles. The number of halogens is 2. The largest absolute Gasteiger partial charge is 0.494 e. The van der Waals surface area contributed by atoms with Gasteiger partial charge in [-0.2, -0.15) is 8.78 Å². The lowest BCUT2D eigenvalue weighted by atomic mass is 10.2. The Bertz CT molecular complexity index is 979. The Balaban J connectivity index is 1.95. The van der Waals surface area contributed by atoms with Crippen molar-refractivity contribution in [2.75, 3.05) is 32.2 Å². The molecule has 0 aliphatic heterocycles. The number of rotatable bonds is 12. The fourth-order valence-electron chi connectivity index (χ4n) is 2.66. The van der Waals surface area contributed by atoms with E-state index in [0.717, 1.165) is 6.08 Å². The van der Waals surface area contributed by atoms with Gasteiger partial charge in [0.25, 0.3) is 5.91 Å². The number of alkyl halides is 2. The summed E-state index contributed by atoms with van der Waals surface area (Å²) in [7, 11) is 1.30. The summed E-state index contributed by atoms with van der Waals surface area (Å²) in [5.74, 6) is -0.398. The van der Waals surface area contributed by atoms with Gasteiger partial charge in [0.15, 0.2) is 18.1 Å². The van der Waals surface area contributed by atoms with Crippen LogP contribution in [-0.4, -0.2) is 45.4 Å². The Morgan fingerprint density at radius 1 is 1.00 bits per heavy atom. The first-order valence-corrected chi connectivity index (χ1v) is 10.0. The fourth-order valence-corrected chi connectivity index (χ4v) is 2.66. The van der Waals surface area contributed by atoms with Crippen molar-refractivity contribution >= 4 is 23.6 Å². The van der Waals surface area contributed by atoms with Crippen molar-refractivity contribution in [2.24, 2.45) is 0 Å². The highest BCUT2D eigenvalue weighted by molar-refractivity contribution is 5.95. The number of amides is 1. The summed E-state index contributed by atoms with van der Waals surface area (Å²) in [6, 6.07) is 9.16. The van der Waals surface area contributed by atoms with E-state index in [1.807, 2.05) is 13.8 Å². The number of methoxy groups -OCH3 is 1. The first kappa shape index (κ1) is 25.4. The molecule has 0 aliphatic rings. The van der Waals surface area contributed by atoms with E-state index in [9.17, 15) is 18.4 Å². The SMILES string of the molecule is CCOc1ccc(OCC)c(NC(=O)COC(=O)/C=C/c2ccc(OC(F)F)c(OC)c2)c1. The van der Waals surface area contributed by atoms with Gasteiger partial charge in [-0.3, -0.25) is 4.79 Å². The zero-order valence-corrected chi connectivity index (χ0v) is 18.4. The Morgan fingerprint density at radius 2 is 1.73 bits per heavy atom. The molecular formula is C23H25F2NO7. The van der Waals surface area contributed by atoms with Gasteiger partial charge in [-0.1, -0.05) is 6.07 Å². The van der Waals surface area contributed by atoms with Crippen molar-refractivity contribution < 1.29 is 42.1 Å². The average Bonchev–Trinajstić information content (AvgIpc) is 2.78. The van der Waals surface area contributed by atoms with E-state index in [1.165, 1.54) is 31.4 Å². The predicted molar refractivity (Wildman–Crippen MR) is 117 cm³/mol. The highest BCUT2D eigenvalue weighted by Crippen LogP contribution is 2.30. The Hall–Kier alpha value is -3.82. The maximum atomic E-state index is 12.4. The normalized spacial score (nSPS) is 10.7. The van der Waals surface area contributed by atoms with Gasteiger partial charge in [0.05, 0.1) is 26.0 Å². The third-order valence-electron chi connectivity index (χ3n) is 4.00. The zero-order valence-electron chi connectivity index (χ0n) is 18.4. The molecule has 1 amide bonds. The third-order valence-corrected chi connectivity index (χ3v) is 4.00. The van der Waals surface area contributed by atoms with E-state index in [-0.39, 0.29) is 11.5 Å². The summed E-state index contributed by atoms with van der Waals surface area (Å²) in [5, 5.41) is 2.62. The maximum Gasteiger partial charge on any atom is 0.387 e. The second-order valence-electron chi connectivity index (χ2n) is 6.30. The number of carbonyl (C=O) groups excluding carboxylic acids is 2. The second kappa shape index (κ2) is 12.9. The predicted octanol–water partition coefficient (Wildman–Crippen LogP) is 4.29. The molecule has 0 aromatic heterocycles. The summed E-state index contributed by atoms with van der Waals surface area (Å²) in [6.45, 7) is 0.982. The molecule has 10 heteroatoms. The van der Waals surface area contributed by atoms with Gasteiger partial charge in [-0.05, 0) is 49.8 Å². The molecule has 1 N–H and O–H groups in total. The highest BCUT2D eigenvalue weighted by atomic mass is 19.3. The van der Waals surface area contributed by atoms with Gasteiger partial charge >= 0.3 is 12.6 Å². The number of esters is 1. The summed E-state index contributed by atoms with van der Waals surface area (Å²) in [4.78, 5) is 24.2. The van der Waals surface area contributed by atoms with Crippen LogP contribution in [0.5, 0.6) is 23.0 Å². The summed E-state index contributed by atoms with van der Waals surface area (Å²) < 4.78 is 50.0. The highest BCUT2D eigenvalue weighted by Gasteiger charge is 2.12. The minimum Gasteiger partial charge on any atom is -0.494 e. The van der Waals surface area contributed by atoms with E-state index in [0.29, 0.717) is 36.0 Å². The Kier molecular flexibility index (Phi) is 9.94. The summed E-state index contributed by atoms with van der Waals surface area (Å²) in [5.41, 5.74) is 0.863. The van der Waals surface area contributed by atoms with Crippen LogP contribution in [-0.2, 0) is 14.3 Å². The molecule has 2 aromatic rings. The fraction of sp³-hybridized carbons (Fsp3) is 0.304. The van der Waals surface area contributed by atoms with Crippen molar-refractivity contribution in [3.63, 3.8) is 0 Å². The van der Waals surface area contributed by atoms with Crippen LogP contribution in [0, 0.1) is 0 Å². The van der Waals surface area contributed by atoms with E-state index in [2.05, 4.69) is 10.1 Å². The van der Waals surface area contributed by atoms with E-state index in [1.54, 1.807) is 18.2 Å². The molecule has 0 radical (unpaired) electrons. The first-order chi connectivity index (χ1) is 15.9. The second-order valence-corrected chi connectivity index (χ2v) is 6.30.